The third-order valence-corrected chi connectivity index (χ3v) is 20.3. The zero-order chi connectivity index (χ0) is 96.3. The number of nitrogens with one attached hydrogen (secondary N) is 4. The van der Waals surface area contributed by atoms with E-state index >= 15 is 0 Å². The molecule has 1 amide bonds. The predicted octanol–water partition coefficient (Wildman–Crippen LogP) is 21.0. The molecule has 0 saturated carbocycles. The van der Waals surface area contributed by atoms with Crippen LogP contribution in [-0.4, -0.2) is 85.4 Å². The molecule has 11 aromatic carbocycles. The second-order valence-corrected chi connectivity index (χ2v) is 30.3. The van der Waals surface area contributed by atoms with Crippen LogP contribution in [-0.2, 0) is 19.1 Å². The number of allylic oxidation sites excluding steroid dienone is 1. The van der Waals surface area contributed by atoms with Gasteiger partial charge in [0.05, 0.1) is 48.1 Å². The number of rotatable bonds is 19. The molecule has 0 spiro atoms. The van der Waals surface area contributed by atoms with Crippen LogP contribution in [0.3, 0.4) is 0 Å². The molecule has 0 radical (unpaired) electrons. The first kappa shape index (κ1) is 98.1. The Kier molecular flexibility index (Phi) is 35.3. The number of benzene rings is 11. The van der Waals surface area contributed by atoms with Crippen molar-refractivity contribution in [2.24, 2.45) is 0 Å². The second kappa shape index (κ2) is 48.2. The summed E-state index contributed by atoms with van der Waals surface area (Å²) in [5, 5.41) is 32.0. The van der Waals surface area contributed by atoms with E-state index in [0.29, 0.717) is 89.2 Å². The van der Waals surface area contributed by atoms with Crippen molar-refractivity contribution >= 4 is 103 Å². The smallest absolute Gasteiger partial charge is 0.344 e. The average molecular weight is 1780 g/mol. The molecule has 16 aromatic rings. The van der Waals surface area contributed by atoms with Crippen molar-refractivity contribution in [2.75, 3.05) is 30.0 Å². The Hall–Kier alpha value is -18.1. The highest BCUT2D eigenvalue weighted by atomic mass is 16.5. The molecule has 134 heavy (non-hydrogen) atoms. The number of hydrogen-bond donors (Lipinski definition) is 6. The van der Waals surface area contributed by atoms with E-state index in [1.807, 2.05) is 248 Å². The van der Waals surface area contributed by atoms with Crippen molar-refractivity contribution in [3.63, 3.8) is 0 Å². The monoisotopic (exact) mass is 1780 g/mol. The van der Waals surface area contributed by atoms with Crippen LogP contribution in [0.4, 0.5) is 17.1 Å². The number of esters is 2. The van der Waals surface area contributed by atoms with Crippen LogP contribution in [0.15, 0.2) is 330 Å². The Morgan fingerprint density at radius 1 is 0.440 bits per heavy atom. The summed E-state index contributed by atoms with van der Waals surface area (Å²) in [6.07, 6.45) is 7.82. The first-order chi connectivity index (χ1) is 64.7. The maximum absolute atomic E-state index is 13.4. The quantitative estimate of drug-likeness (QED) is 0.00833. The van der Waals surface area contributed by atoms with Crippen molar-refractivity contribution in [1.82, 2.24) is 24.9 Å². The number of nitriles is 3. The van der Waals surface area contributed by atoms with Gasteiger partial charge in [-0.15, -0.1) is 0 Å². The molecule has 0 aliphatic heterocycles. The number of aryl methyl sites for hydroxylation is 6. The fourth-order valence-corrected chi connectivity index (χ4v) is 13.9. The Morgan fingerprint density at radius 3 is 1.26 bits per heavy atom. The highest BCUT2D eigenvalue weighted by Crippen LogP contribution is 2.35. The van der Waals surface area contributed by atoms with Gasteiger partial charge in [-0.25, -0.2) is 4.79 Å². The number of amides is 1. The standard InChI is InChI=1S/C25H17N3O2.C19H14N2O2.C19H19NO4.C19H17NO3.C14H13NO.C8H8N2.C6H5NO.3H2/c1-16-9-10-21-20(12-16)22(18-7-3-2-4-8-18)23(25(30)28-21)24(29)19(14-26)13-17-6-5-11-27-15-17;1-12-7-8-15-14(11-12)17(13-5-3-2-4-6-13)18(19(23)21-15)16(22)9-10-20;1-3-24-18(22)12-17(21)20-16-10-9-13(2)11-15(16)19(23)14-7-5-4-6-8-14;1-3-23-19(22)17-16(13-7-5-4-6-8-13)14-11-12(2)9-10-15(14)20-18(17)21;1-10-7-8-13(15)12(9-10)14(16)11-5-3-2-4-6-11;1-6-2-3-8(10)7(4-6)5-9;8-5-6-2-1-3-7-4-6;;;/h2-13,15H,1H3,(H,28,30);2-8,11H,9H2,1H3,(H,21,23);4-11H,3,12H2,1-2H3,(H,20,21);4-11H,3H2,1-2H3,(H,20,21);2-9H,15H2,1H3;2-4H,10H2,1H3;1-5H;3*1H/b19-13+;;;;;;;;;. The predicted molar refractivity (Wildman–Crippen MR) is 530 cm³/mol. The Morgan fingerprint density at radius 2 is 0.836 bits per heavy atom. The Balaban J connectivity index is 0.000000223. The van der Waals surface area contributed by atoms with Crippen LogP contribution in [0.5, 0.6) is 0 Å². The summed E-state index contributed by atoms with van der Waals surface area (Å²) in [7, 11) is 0. The van der Waals surface area contributed by atoms with E-state index in [9.17, 15) is 58.0 Å². The summed E-state index contributed by atoms with van der Waals surface area (Å²) in [6, 6.07) is 91.8. The van der Waals surface area contributed by atoms with Crippen LogP contribution >= 0.6 is 0 Å². The van der Waals surface area contributed by atoms with Gasteiger partial charge in [-0.2, -0.15) is 15.8 Å². The van der Waals surface area contributed by atoms with E-state index in [1.165, 1.54) is 12.3 Å². The number of fused-ring (bicyclic) bond motifs is 3. The lowest BCUT2D eigenvalue weighted by atomic mass is 9.91. The molecule has 0 aliphatic carbocycles. The van der Waals surface area contributed by atoms with Gasteiger partial charge in [0.15, 0.2) is 23.6 Å². The molecule has 0 saturated heterocycles. The number of Topliss-reactive ketones (excluding diaryl/α,β-unsaturated/α-hetero) is 2. The topological polar surface area (TPSA) is 415 Å². The summed E-state index contributed by atoms with van der Waals surface area (Å²) >= 11 is 0. The fourth-order valence-electron chi connectivity index (χ4n) is 13.9. The molecule has 8 N–H and O–H groups in total. The van der Waals surface area contributed by atoms with Gasteiger partial charge in [0.1, 0.15) is 29.7 Å². The van der Waals surface area contributed by atoms with Gasteiger partial charge in [0.25, 0.3) is 16.7 Å². The van der Waals surface area contributed by atoms with Crippen LogP contribution in [0.1, 0.15) is 149 Å². The first-order valence-electron chi connectivity index (χ1n) is 42.2. The molecule has 0 fully saturated rings. The molecule has 5 heterocycles. The number of nitrogens with zero attached hydrogens (tertiary/aromatic N) is 5. The van der Waals surface area contributed by atoms with Crippen LogP contribution in [0.2, 0.25) is 0 Å². The zero-order valence-electron chi connectivity index (χ0n) is 74.6. The van der Waals surface area contributed by atoms with E-state index in [2.05, 4.69) is 30.2 Å². The average Bonchev–Trinajstić information content (AvgIpc) is 0.761. The number of hydrogen-bond acceptors (Lipinski definition) is 20. The van der Waals surface area contributed by atoms with Gasteiger partial charge in [-0.05, 0) is 180 Å². The minimum absolute atomic E-state index is 0. The SMILES string of the molecule is CCOC(=O)CC(=O)Nc1ccc(C)cc1C(=O)c1ccccc1.CCOC(=O)c1c(-c2ccccc2)c2cc(C)ccc2[nH]c1=O.Cc1ccc(N)c(C#N)c1.Cc1ccc(N)c(C(=O)c2ccccc2)c1.Cc1ccc2[nH]c(=O)c(C(=O)/C(C#N)=C/c3cccnc3)c(-c3ccccc3)c2c1.Cc1ccc2[nH]c(=O)c(C(=O)CC#N)c(-c3ccccc3)c2c1.O=Cc1cccnc1.[HH].[HH].[HH]. The highest BCUT2D eigenvalue weighted by Gasteiger charge is 2.27. The third-order valence-electron chi connectivity index (χ3n) is 20.3. The number of aromatic amines is 3. The number of anilines is 3. The first-order valence-corrected chi connectivity index (χ1v) is 42.2. The minimum Gasteiger partial charge on any atom is -0.466 e. The number of ketones is 4. The van der Waals surface area contributed by atoms with Crippen molar-refractivity contribution < 1.29 is 52.1 Å². The second-order valence-electron chi connectivity index (χ2n) is 30.3. The van der Waals surface area contributed by atoms with Gasteiger partial charge < -0.3 is 41.2 Å². The zero-order valence-corrected chi connectivity index (χ0v) is 74.6. The molecular weight excluding hydrogens is 1680 g/mol. The third kappa shape index (κ3) is 26.3. The summed E-state index contributed by atoms with van der Waals surface area (Å²) in [4.78, 5) is 150. The lowest BCUT2D eigenvalue weighted by Crippen LogP contribution is -2.21. The number of aromatic nitrogens is 5. The van der Waals surface area contributed by atoms with Crippen molar-refractivity contribution in [2.45, 2.75) is 68.2 Å². The molecule has 24 heteroatoms. The van der Waals surface area contributed by atoms with E-state index in [4.69, 9.17) is 31.5 Å². The van der Waals surface area contributed by atoms with Crippen LogP contribution in [0, 0.1) is 75.5 Å². The van der Waals surface area contributed by atoms with Crippen molar-refractivity contribution in [1.29, 1.82) is 15.8 Å². The Bertz CT molecular complexity index is 7370. The maximum Gasteiger partial charge on any atom is 0.344 e. The molecule has 0 bridgehead atoms. The van der Waals surface area contributed by atoms with Gasteiger partial charge >= 0.3 is 11.9 Å². The van der Waals surface area contributed by atoms with E-state index < -0.39 is 46.1 Å². The summed E-state index contributed by atoms with van der Waals surface area (Å²) in [5.74, 6) is -3.01. The molecule has 0 unspecified atom stereocenters. The summed E-state index contributed by atoms with van der Waals surface area (Å²) in [5.41, 5.74) is 27.4. The number of nitrogen functional groups attached to an aromatic ring is 2. The van der Waals surface area contributed by atoms with Crippen LogP contribution < -0.4 is 33.5 Å². The lowest BCUT2D eigenvalue weighted by Gasteiger charge is -2.13. The number of carbonyl (C=O) groups is 8. The molecule has 16 rings (SSSR count). The normalized spacial score (nSPS) is 10.3. The van der Waals surface area contributed by atoms with Crippen molar-refractivity contribution in [3.05, 3.63) is 436 Å². The lowest BCUT2D eigenvalue weighted by molar-refractivity contribution is -0.145. The molecule has 672 valence electrons. The number of nitrogens with two attached hydrogens (primary N) is 2. The van der Waals surface area contributed by atoms with E-state index in [-0.39, 0.29) is 64.2 Å². The van der Waals surface area contributed by atoms with E-state index in [0.717, 1.165) is 72.5 Å². The van der Waals surface area contributed by atoms with Crippen LogP contribution in [0.25, 0.3) is 72.2 Å². The number of carbonyl (C=O) groups excluding carboxylic acids is 8. The largest absolute Gasteiger partial charge is 0.466 e. The van der Waals surface area contributed by atoms with Gasteiger partial charge in [0, 0.05) is 118 Å². The van der Waals surface area contributed by atoms with Gasteiger partial charge in [-0.1, -0.05) is 222 Å². The number of ether oxygens (including phenoxy) is 2. The molecule has 5 aromatic heterocycles. The molecule has 24 nitrogen and oxygen atoms in total. The minimum atomic E-state index is -0.620. The van der Waals surface area contributed by atoms with Gasteiger partial charge in [-0.3, -0.25) is 57.9 Å². The maximum atomic E-state index is 13.4. The molecule has 0 atom stereocenters. The summed E-state index contributed by atoms with van der Waals surface area (Å²) in [6.45, 7) is 15.5. The molecule has 0 aliphatic rings. The van der Waals surface area contributed by atoms with Gasteiger partial charge in [0.2, 0.25) is 11.7 Å². The number of aldehydes is 1. The fraction of sp³-hybridized carbons (Fsp3) is 0.109. The molecular formula is C110H99N11O13. The summed E-state index contributed by atoms with van der Waals surface area (Å²) < 4.78 is 9.84. The Labute approximate surface area is 777 Å². The van der Waals surface area contributed by atoms with E-state index in [1.54, 1.807) is 129 Å². The number of H-pyrrole nitrogens is 3. The number of pyridine rings is 5. The highest BCUT2D eigenvalue weighted by molar-refractivity contribution is 6.20. The van der Waals surface area contributed by atoms with Crippen molar-refractivity contribution in [3.8, 4) is 51.6 Å².